The predicted molar refractivity (Wildman–Crippen MR) is 151 cm³/mol. The van der Waals surface area contributed by atoms with Crippen molar-refractivity contribution in [1.29, 1.82) is 5.41 Å². The maximum Gasteiger partial charge on any atom is 0.257 e. The summed E-state index contributed by atoms with van der Waals surface area (Å²) < 4.78 is 5.60. The van der Waals surface area contributed by atoms with Crippen LogP contribution in [-0.2, 0) is 4.79 Å². The van der Waals surface area contributed by atoms with Gasteiger partial charge in [0.2, 0.25) is 0 Å². The largest absolute Gasteiger partial charge is 0.484 e. The lowest BCUT2D eigenvalue weighted by molar-refractivity contribution is -0.123. The second-order valence-corrected chi connectivity index (χ2v) is 9.15. The third-order valence-electron chi connectivity index (χ3n) is 5.52. The molecule has 12 heteroatoms. The molecule has 0 fully saturated rings. The Labute approximate surface area is 231 Å². The molecular formula is C27H32ClN7O4. The standard InChI is InChI=1S/C27H32ClN7O4/c1-35(2)25(30)17-4-6-18(7-5-17)26(37)33-22-10-9-20(39-16-24(36)31-13-3-12-29)14-21(22)27(38)34-23-11-8-19(28)15-32-23/h4-11,14-15,27,30,38H,3,12-13,16,29H2,1-2H3,(H,31,36)(H,32,34)(H,33,37). The number of anilines is 2. The van der Waals surface area contributed by atoms with E-state index < -0.39 is 12.1 Å². The third-order valence-corrected chi connectivity index (χ3v) is 5.74. The predicted octanol–water partition coefficient (Wildman–Crippen LogP) is 2.82. The molecule has 1 unspecified atom stereocenters. The maximum atomic E-state index is 13.0. The first-order valence-electron chi connectivity index (χ1n) is 12.1. The molecule has 0 saturated carbocycles. The highest BCUT2D eigenvalue weighted by atomic mass is 35.5. The van der Waals surface area contributed by atoms with E-state index in [-0.39, 0.29) is 18.1 Å². The first kappa shape index (κ1) is 29.4. The van der Waals surface area contributed by atoms with Crippen LogP contribution in [0, 0.1) is 5.41 Å². The van der Waals surface area contributed by atoms with Crippen LogP contribution >= 0.6 is 11.6 Å². The zero-order valence-corrected chi connectivity index (χ0v) is 22.5. The normalized spacial score (nSPS) is 11.3. The molecule has 0 bridgehead atoms. The molecule has 0 spiro atoms. The molecule has 2 aromatic carbocycles. The third kappa shape index (κ3) is 8.67. The number of amides is 2. The van der Waals surface area contributed by atoms with Crippen LogP contribution in [0.15, 0.2) is 60.8 Å². The minimum absolute atomic E-state index is 0.230. The summed E-state index contributed by atoms with van der Waals surface area (Å²) in [5, 5.41) is 27.9. The highest BCUT2D eigenvalue weighted by Crippen LogP contribution is 2.29. The number of aromatic nitrogens is 1. The molecule has 3 rings (SSSR count). The molecule has 39 heavy (non-hydrogen) atoms. The number of carbonyl (C=O) groups excluding carboxylic acids is 2. The first-order chi connectivity index (χ1) is 18.7. The number of benzene rings is 2. The van der Waals surface area contributed by atoms with E-state index in [4.69, 9.17) is 27.5 Å². The van der Waals surface area contributed by atoms with Crippen molar-refractivity contribution in [2.24, 2.45) is 5.73 Å². The minimum Gasteiger partial charge on any atom is -0.484 e. The van der Waals surface area contributed by atoms with Gasteiger partial charge in [-0.05, 0) is 55.4 Å². The molecule has 11 nitrogen and oxygen atoms in total. The Morgan fingerprint density at radius 2 is 1.85 bits per heavy atom. The van der Waals surface area contributed by atoms with Gasteiger partial charge in [-0.15, -0.1) is 0 Å². The fourth-order valence-electron chi connectivity index (χ4n) is 3.41. The quantitative estimate of drug-likeness (QED) is 0.0862. The lowest BCUT2D eigenvalue weighted by atomic mass is 10.1. The van der Waals surface area contributed by atoms with E-state index in [9.17, 15) is 14.7 Å². The number of aliphatic hydroxyl groups is 1. The first-order valence-corrected chi connectivity index (χ1v) is 12.5. The van der Waals surface area contributed by atoms with Gasteiger partial charge in [-0.3, -0.25) is 15.0 Å². The molecule has 0 aliphatic carbocycles. The topological polar surface area (TPSA) is 166 Å². The Bertz CT molecular complexity index is 1280. The van der Waals surface area contributed by atoms with Crippen molar-refractivity contribution in [2.75, 3.05) is 44.4 Å². The van der Waals surface area contributed by atoms with Gasteiger partial charge in [-0.1, -0.05) is 23.7 Å². The fraction of sp³-hybridized carbons (Fsp3) is 0.259. The van der Waals surface area contributed by atoms with Crippen LogP contribution in [0.25, 0.3) is 0 Å². The van der Waals surface area contributed by atoms with E-state index in [1.54, 1.807) is 67.5 Å². The Morgan fingerprint density at radius 1 is 1.13 bits per heavy atom. The summed E-state index contributed by atoms with van der Waals surface area (Å²) >= 11 is 5.90. The summed E-state index contributed by atoms with van der Waals surface area (Å²) in [6.45, 7) is 0.685. The number of nitrogens with two attached hydrogens (primary N) is 1. The van der Waals surface area contributed by atoms with Gasteiger partial charge in [0.25, 0.3) is 11.8 Å². The van der Waals surface area contributed by atoms with Gasteiger partial charge >= 0.3 is 0 Å². The maximum absolute atomic E-state index is 13.0. The minimum atomic E-state index is -1.29. The lowest BCUT2D eigenvalue weighted by Gasteiger charge is -2.19. The molecule has 3 aromatic rings. The van der Waals surface area contributed by atoms with E-state index in [0.717, 1.165) is 0 Å². The van der Waals surface area contributed by atoms with E-state index in [2.05, 4.69) is 20.9 Å². The Morgan fingerprint density at radius 3 is 2.49 bits per heavy atom. The molecular weight excluding hydrogens is 522 g/mol. The summed E-state index contributed by atoms with van der Waals surface area (Å²) in [5.74, 6) is 0.265. The smallest absolute Gasteiger partial charge is 0.257 e. The number of pyridine rings is 1. The average molecular weight is 554 g/mol. The number of carbonyl (C=O) groups is 2. The number of hydrogen-bond donors (Lipinski definition) is 6. The Kier molecular flexibility index (Phi) is 10.6. The molecule has 2 amide bonds. The second-order valence-electron chi connectivity index (χ2n) is 8.71. The number of halogens is 1. The number of nitrogens with one attached hydrogen (secondary N) is 4. The van der Waals surface area contributed by atoms with Crippen LogP contribution in [0.4, 0.5) is 11.5 Å². The second kappa shape index (κ2) is 14.1. The molecule has 1 heterocycles. The van der Waals surface area contributed by atoms with Crippen molar-refractivity contribution in [2.45, 2.75) is 12.6 Å². The highest BCUT2D eigenvalue weighted by molar-refractivity contribution is 6.30. The van der Waals surface area contributed by atoms with E-state index >= 15 is 0 Å². The average Bonchev–Trinajstić information content (AvgIpc) is 2.93. The van der Waals surface area contributed by atoms with Crippen molar-refractivity contribution < 1.29 is 19.4 Å². The van der Waals surface area contributed by atoms with E-state index in [1.165, 1.54) is 12.3 Å². The Balaban J connectivity index is 1.80. The number of aliphatic hydroxyl groups excluding tert-OH is 1. The van der Waals surface area contributed by atoms with E-state index in [0.29, 0.717) is 58.8 Å². The summed E-state index contributed by atoms with van der Waals surface area (Å²) in [4.78, 5) is 30.8. The number of ether oxygens (including phenoxy) is 1. The molecule has 0 radical (unpaired) electrons. The SMILES string of the molecule is CN(C)C(=N)c1ccc(C(=O)Nc2ccc(OCC(=O)NCCCN)cc2C(O)Nc2ccc(Cl)cn2)cc1. The van der Waals surface area contributed by atoms with Crippen LogP contribution < -0.4 is 26.4 Å². The molecule has 0 aliphatic heterocycles. The van der Waals surface area contributed by atoms with Crippen molar-refractivity contribution in [3.8, 4) is 5.75 Å². The van der Waals surface area contributed by atoms with Crippen molar-refractivity contribution in [3.05, 3.63) is 82.5 Å². The summed E-state index contributed by atoms with van der Waals surface area (Å²) in [6.07, 6.45) is 0.794. The van der Waals surface area contributed by atoms with Crippen molar-refractivity contribution in [1.82, 2.24) is 15.2 Å². The number of nitrogens with zero attached hydrogens (tertiary/aromatic N) is 2. The van der Waals surface area contributed by atoms with Crippen molar-refractivity contribution >= 4 is 40.8 Å². The molecule has 1 aromatic heterocycles. The lowest BCUT2D eigenvalue weighted by Crippen LogP contribution is -2.30. The monoisotopic (exact) mass is 553 g/mol. The van der Waals surface area contributed by atoms with Gasteiger partial charge in [0.15, 0.2) is 12.8 Å². The summed E-state index contributed by atoms with van der Waals surface area (Å²) in [6, 6.07) is 14.5. The summed E-state index contributed by atoms with van der Waals surface area (Å²) in [5.41, 5.74) is 7.08. The molecule has 206 valence electrons. The van der Waals surface area contributed by atoms with Gasteiger partial charge < -0.3 is 36.4 Å². The van der Waals surface area contributed by atoms with Crippen LogP contribution in [0.3, 0.4) is 0 Å². The number of rotatable bonds is 12. The van der Waals surface area contributed by atoms with Gasteiger partial charge in [0.05, 0.1) is 5.02 Å². The van der Waals surface area contributed by atoms with Gasteiger partial charge in [-0.2, -0.15) is 0 Å². The molecule has 0 aliphatic rings. The fourth-order valence-corrected chi connectivity index (χ4v) is 3.52. The van der Waals surface area contributed by atoms with Crippen LogP contribution in [0.1, 0.15) is 34.1 Å². The molecule has 1 atom stereocenters. The van der Waals surface area contributed by atoms with Gasteiger partial charge in [-0.25, -0.2) is 4.98 Å². The van der Waals surface area contributed by atoms with Crippen molar-refractivity contribution in [3.63, 3.8) is 0 Å². The number of hydrogen-bond acceptors (Lipinski definition) is 8. The highest BCUT2D eigenvalue weighted by Gasteiger charge is 2.18. The zero-order valence-electron chi connectivity index (χ0n) is 21.7. The zero-order chi connectivity index (χ0) is 28.4. The Hall–Kier alpha value is -4.19. The van der Waals surface area contributed by atoms with Gasteiger partial charge in [0, 0.05) is 49.2 Å². The van der Waals surface area contributed by atoms with E-state index in [1.807, 2.05) is 0 Å². The summed E-state index contributed by atoms with van der Waals surface area (Å²) in [7, 11) is 3.54. The molecule has 0 saturated heterocycles. The number of amidine groups is 1. The van der Waals surface area contributed by atoms with Gasteiger partial charge in [0.1, 0.15) is 17.4 Å². The van der Waals surface area contributed by atoms with Crippen LogP contribution in [0.2, 0.25) is 5.02 Å². The van der Waals surface area contributed by atoms with Crippen LogP contribution in [-0.4, -0.2) is 66.4 Å². The molecule has 7 N–H and O–H groups in total. The van der Waals surface area contributed by atoms with Crippen LogP contribution in [0.5, 0.6) is 5.75 Å².